The average Bonchev–Trinajstić information content (AvgIpc) is 2.88. The van der Waals surface area contributed by atoms with E-state index in [4.69, 9.17) is 16.3 Å². The summed E-state index contributed by atoms with van der Waals surface area (Å²) in [6, 6.07) is 3.47. The van der Waals surface area contributed by atoms with Crippen molar-refractivity contribution < 1.29 is 13.2 Å². The Labute approximate surface area is 129 Å². The van der Waals surface area contributed by atoms with Crippen molar-refractivity contribution in [1.29, 1.82) is 0 Å². The Hall–Kier alpha value is -0.140. The summed E-state index contributed by atoms with van der Waals surface area (Å²) < 4.78 is 33.1. The van der Waals surface area contributed by atoms with Crippen LogP contribution in [0.5, 0.6) is 0 Å². The maximum absolute atomic E-state index is 12.8. The molecule has 4 nitrogen and oxygen atoms in total. The lowest BCUT2D eigenvalue weighted by Crippen LogP contribution is -2.50. The quantitative estimate of drug-likeness (QED) is 0.776. The summed E-state index contributed by atoms with van der Waals surface area (Å²) in [5.41, 5.74) is 0. The third-order valence-electron chi connectivity index (χ3n) is 3.43. The zero-order chi connectivity index (χ0) is 14.8. The number of halogens is 1. The van der Waals surface area contributed by atoms with Crippen LogP contribution in [0.25, 0.3) is 0 Å². The van der Waals surface area contributed by atoms with Crippen LogP contribution in [0.15, 0.2) is 16.3 Å². The number of alkyl halides is 1. The van der Waals surface area contributed by atoms with Gasteiger partial charge in [-0.2, -0.15) is 4.31 Å². The van der Waals surface area contributed by atoms with E-state index in [1.807, 2.05) is 19.9 Å². The minimum absolute atomic E-state index is 0.0603. The molecule has 1 aromatic heterocycles. The van der Waals surface area contributed by atoms with Gasteiger partial charge < -0.3 is 4.74 Å². The van der Waals surface area contributed by atoms with E-state index in [-0.39, 0.29) is 12.1 Å². The highest BCUT2D eigenvalue weighted by atomic mass is 35.5. The molecule has 1 fully saturated rings. The van der Waals surface area contributed by atoms with Gasteiger partial charge in [0.05, 0.1) is 12.7 Å². The molecule has 0 bridgehead atoms. The van der Waals surface area contributed by atoms with Crippen molar-refractivity contribution in [3.8, 4) is 0 Å². The van der Waals surface area contributed by atoms with E-state index in [1.54, 1.807) is 10.4 Å². The van der Waals surface area contributed by atoms with Crippen LogP contribution in [0.4, 0.5) is 0 Å². The van der Waals surface area contributed by atoms with Crippen molar-refractivity contribution in [3.05, 3.63) is 17.0 Å². The van der Waals surface area contributed by atoms with Gasteiger partial charge in [-0.15, -0.1) is 22.9 Å². The molecule has 2 rings (SSSR count). The molecule has 0 aliphatic carbocycles. The van der Waals surface area contributed by atoms with Crippen molar-refractivity contribution in [3.63, 3.8) is 0 Å². The highest BCUT2D eigenvalue weighted by molar-refractivity contribution is 7.91. The molecule has 2 unspecified atom stereocenters. The lowest BCUT2D eigenvalue weighted by atomic mass is 10.2. The maximum Gasteiger partial charge on any atom is 0.252 e. The van der Waals surface area contributed by atoms with Crippen molar-refractivity contribution >= 4 is 33.0 Å². The van der Waals surface area contributed by atoms with Crippen molar-refractivity contribution in [2.24, 2.45) is 0 Å². The number of nitrogens with zero attached hydrogens (tertiary/aromatic N) is 1. The van der Waals surface area contributed by atoms with Crippen LogP contribution in [0.3, 0.4) is 0 Å². The first kappa shape index (κ1) is 16.2. The highest BCUT2D eigenvalue weighted by Gasteiger charge is 2.36. The predicted molar refractivity (Wildman–Crippen MR) is 82.1 cm³/mol. The lowest BCUT2D eigenvalue weighted by Gasteiger charge is -2.36. The van der Waals surface area contributed by atoms with Gasteiger partial charge in [-0.1, -0.05) is 6.92 Å². The Bertz CT molecular complexity index is 544. The Kier molecular flexibility index (Phi) is 5.48. The summed E-state index contributed by atoms with van der Waals surface area (Å²) in [4.78, 5) is 1.01. The van der Waals surface area contributed by atoms with Crippen LogP contribution in [0.2, 0.25) is 0 Å². The van der Waals surface area contributed by atoms with E-state index in [9.17, 15) is 8.42 Å². The molecule has 2 atom stereocenters. The molecule has 20 heavy (non-hydrogen) atoms. The first-order chi connectivity index (χ1) is 9.48. The largest absolute Gasteiger partial charge is 0.375 e. The monoisotopic (exact) mass is 337 g/mol. The van der Waals surface area contributed by atoms with Gasteiger partial charge in [0.25, 0.3) is 10.0 Å². The van der Waals surface area contributed by atoms with Crippen LogP contribution < -0.4 is 0 Å². The second kappa shape index (κ2) is 6.75. The van der Waals surface area contributed by atoms with E-state index in [2.05, 4.69) is 0 Å². The third kappa shape index (κ3) is 3.36. The average molecular weight is 338 g/mol. The van der Waals surface area contributed by atoms with E-state index >= 15 is 0 Å². The number of ether oxygens (including phenoxy) is 1. The minimum Gasteiger partial charge on any atom is -0.375 e. The molecule has 0 aromatic carbocycles. The fraction of sp³-hybridized carbons (Fsp3) is 0.692. The number of hydrogen-bond donors (Lipinski definition) is 0. The Morgan fingerprint density at radius 1 is 1.50 bits per heavy atom. The second-order valence-corrected chi connectivity index (χ2v) is 8.60. The topological polar surface area (TPSA) is 46.6 Å². The number of morpholine rings is 1. The molecule has 7 heteroatoms. The number of hydrogen-bond acceptors (Lipinski definition) is 4. The molecular weight excluding hydrogens is 318 g/mol. The number of rotatable bonds is 5. The van der Waals surface area contributed by atoms with Gasteiger partial charge in [0.15, 0.2) is 0 Å². The fourth-order valence-corrected chi connectivity index (χ4v) is 5.83. The maximum atomic E-state index is 12.8. The number of sulfonamides is 1. The molecule has 0 radical (unpaired) electrons. The molecule has 1 saturated heterocycles. The highest BCUT2D eigenvalue weighted by Crippen LogP contribution is 2.29. The number of thiophene rings is 1. The van der Waals surface area contributed by atoms with E-state index < -0.39 is 10.0 Å². The zero-order valence-electron chi connectivity index (χ0n) is 11.7. The van der Waals surface area contributed by atoms with Crippen LogP contribution >= 0.6 is 22.9 Å². The summed E-state index contributed by atoms with van der Waals surface area (Å²) in [5.74, 6) is 0.506. The molecule has 0 spiro atoms. The number of aryl methyl sites for hydroxylation is 1. The third-order valence-corrected chi connectivity index (χ3v) is 7.15. The van der Waals surface area contributed by atoms with Crippen molar-refractivity contribution in [1.82, 2.24) is 4.31 Å². The molecule has 2 heterocycles. The summed E-state index contributed by atoms with van der Waals surface area (Å²) in [6.45, 7) is 4.78. The van der Waals surface area contributed by atoms with Gasteiger partial charge in [-0.05, 0) is 31.9 Å². The van der Waals surface area contributed by atoms with Crippen LogP contribution in [0.1, 0.15) is 25.1 Å². The van der Waals surface area contributed by atoms with Crippen molar-refractivity contribution in [2.75, 3.05) is 19.0 Å². The van der Waals surface area contributed by atoms with Gasteiger partial charge in [0, 0.05) is 23.3 Å². The smallest absolute Gasteiger partial charge is 0.252 e. The zero-order valence-corrected chi connectivity index (χ0v) is 14.1. The molecule has 1 aliphatic rings. The molecule has 1 aliphatic heterocycles. The van der Waals surface area contributed by atoms with Crippen LogP contribution in [0, 0.1) is 0 Å². The van der Waals surface area contributed by atoms with E-state index in [1.165, 1.54) is 11.3 Å². The Balaban J connectivity index is 2.26. The molecule has 1 aromatic rings. The minimum atomic E-state index is -3.42. The van der Waals surface area contributed by atoms with Gasteiger partial charge >= 0.3 is 0 Å². The SMILES string of the molecule is CCC1COC(C)CN1S(=O)(=O)c1ccc(CCCl)s1. The van der Waals surface area contributed by atoms with Gasteiger partial charge in [0.2, 0.25) is 0 Å². The van der Waals surface area contributed by atoms with E-state index in [0.29, 0.717) is 29.7 Å². The Morgan fingerprint density at radius 3 is 2.90 bits per heavy atom. The standard InChI is InChI=1S/C13H20ClNO3S2/c1-3-11-9-18-10(2)8-15(11)20(16,17)13-5-4-12(19-13)6-7-14/h4-5,10-11H,3,6-9H2,1-2H3. The normalized spacial score (nSPS) is 24.9. The Morgan fingerprint density at radius 2 is 2.25 bits per heavy atom. The molecule has 0 amide bonds. The molecular formula is C13H20ClNO3S2. The van der Waals surface area contributed by atoms with Gasteiger partial charge in [-0.25, -0.2) is 8.42 Å². The predicted octanol–water partition coefficient (Wildman–Crippen LogP) is 2.72. The molecule has 0 N–H and O–H groups in total. The van der Waals surface area contributed by atoms with Gasteiger partial charge in [-0.3, -0.25) is 0 Å². The lowest BCUT2D eigenvalue weighted by molar-refractivity contribution is -0.0229. The molecule has 114 valence electrons. The summed E-state index contributed by atoms with van der Waals surface area (Å²) in [5, 5.41) is 0. The van der Waals surface area contributed by atoms with Crippen LogP contribution in [-0.4, -0.2) is 43.9 Å². The summed E-state index contributed by atoms with van der Waals surface area (Å²) in [7, 11) is -3.42. The van der Waals surface area contributed by atoms with Gasteiger partial charge in [0.1, 0.15) is 4.21 Å². The van der Waals surface area contributed by atoms with E-state index in [0.717, 1.165) is 11.3 Å². The molecule has 0 saturated carbocycles. The van der Waals surface area contributed by atoms with Crippen LogP contribution in [-0.2, 0) is 21.2 Å². The first-order valence-corrected chi connectivity index (χ1v) is 9.56. The fourth-order valence-electron chi connectivity index (χ4n) is 2.27. The summed E-state index contributed by atoms with van der Waals surface area (Å²) >= 11 is 7.02. The first-order valence-electron chi connectivity index (χ1n) is 6.77. The van der Waals surface area contributed by atoms with Crippen molar-refractivity contribution in [2.45, 2.75) is 43.0 Å². The second-order valence-electron chi connectivity index (χ2n) is 4.94. The summed E-state index contributed by atoms with van der Waals surface area (Å²) in [6.07, 6.45) is 1.40.